The molecule has 0 aromatic carbocycles. The van der Waals surface area contributed by atoms with Gasteiger partial charge in [-0.3, -0.25) is 0 Å². The molecule has 1 aliphatic heterocycles. The second-order valence-electron chi connectivity index (χ2n) is 6.84. The van der Waals surface area contributed by atoms with Crippen molar-refractivity contribution in [1.82, 2.24) is 19.9 Å². The number of aromatic nitrogens is 3. The molecule has 1 saturated heterocycles. The van der Waals surface area contributed by atoms with Crippen molar-refractivity contribution in [3.63, 3.8) is 0 Å². The zero-order valence-corrected chi connectivity index (χ0v) is 14.9. The first-order valence-electron chi connectivity index (χ1n) is 7.19. The second kappa shape index (κ2) is 5.59. The van der Waals surface area contributed by atoms with Gasteiger partial charge in [-0.1, -0.05) is 5.21 Å². The molecule has 2 heterocycles. The van der Waals surface area contributed by atoms with Gasteiger partial charge in [0.05, 0.1) is 11.2 Å². The Kier molecular flexibility index (Phi) is 4.33. The lowest BCUT2D eigenvalue weighted by atomic mass is 9.89. The minimum Gasteiger partial charge on any atom is -0.444 e. The molecular formula is C14H23BrN4O2. The maximum atomic E-state index is 12.1. The standard InChI is InChI=1S/C14H23BrN4O2/c1-10-11(15)16-17-19(10)14(5)6-8-18(9-7-14)12(20)21-13(2,3)4/h6-9H2,1-5H3. The average Bonchev–Trinajstić information content (AvgIpc) is 2.69. The van der Waals surface area contributed by atoms with Crippen molar-refractivity contribution < 1.29 is 9.53 Å². The van der Waals surface area contributed by atoms with Gasteiger partial charge in [-0.05, 0) is 63.4 Å². The first kappa shape index (κ1) is 16.3. The second-order valence-corrected chi connectivity index (χ2v) is 7.59. The molecule has 7 heteroatoms. The summed E-state index contributed by atoms with van der Waals surface area (Å²) in [5, 5.41) is 8.29. The summed E-state index contributed by atoms with van der Waals surface area (Å²) in [5.41, 5.74) is 0.454. The van der Waals surface area contributed by atoms with Gasteiger partial charge in [-0.15, -0.1) is 5.10 Å². The molecule has 2 rings (SSSR count). The van der Waals surface area contributed by atoms with Gasteiger partial charge in [0.2, 0.25) is 0 Å². The summed E-state index contributed by atoms with van der Waals surface area (Å²) in [4.78, 5) is 13.9. The Balaban J connectivity index is 2.03. The van der Waals surface area contributed by atoms with Crippen LogP contribution in [0.4, 0.5) is 4.79 Å². The average molecular weight is 359 g/mol. The van der Waals surface area contributed by atoms with E-state index in [0.717, 1.165) is 23.1 Å². The van der Waals surface area contributed by atoms with Crippen LogP contribution < -0.4 is 0 Å². The molecule has 21 heavy (non-hydrogen) atoms. The van der Waals surface area contributed by atoms with Gasteiger partial charge in [-0.2, -0.15) is 0 Å². The zero-order chi connectivity index (χ0) is 15.8. The van der Waals surface area contributed by atoms with Crippen LogP contribution in [-0.4, -0.2) is 44.7 Å². The lowest BCUT2D eigenvalue weighted by molar-refractivity contribution is 0.0117. The van der Waals surface area contributed by atoms with E-state index in [2.05, 4.69) is 33.2 Å². The molecule has 1 aromatic rings. The van der Waals surface area contributed by atoms with Crippen molar-refractivity contribution in [3.05, 3.63) is 10.3 Å². The van der Waals surface area contributed by atoms with Crippen molar-refractivity contribution in [2.24, 2.45) is 0 Å². The SMILES string of the molecule is Cc1c(Br)nnn1C1(C)CCN(C(=O)OC(C)(C)C)CC1. The van der Waals surface area contributed by atoms with Crippen LogP contribution in [0.5, 0.6) is 0 Å². The van der Waals surface area contributed by atoms with E-state index in [-0.39, 0.29) is 11.6 Å². The molecule has 118 valence electrons. The van der Waals surface area contributed by atoms with Crippen molar-refractivity contribution in [2.75, 3.05) is 13.1 Å². The summed E-state index contributed by atoms with van der Waals surface area (Å²) in [6.45, 7) is 11.1. The topological polar surface area (TPSA) is 60.2 Å². The molecule has 1 amide bonds. The van der Waals surface area contributed by atoms with Crippen molar-refractivity contribution in [1.29, 1.82) is 0 Å². The van der Waals surface area contributed by atoms with Gasteiger partial charge in [0.15, 0.2) is 4.60 Å². The quantitative estimate of drug-likeness (QED) is 0.773. The van der Waals surface area contributed by atoms with Gasteiger partial charge in [0, 0.05) is 13.1 Å². The number of nitrogens with zero attached hydrogens (tertiary/aromatic N) is 4. The third-order valence-corrected chi connectivity index (χ3v) is 4.57. The number of hydrogen-bond acceptors (Lipinski definition) is 4. The summed E-state index contributed by atoms with van der Waals surface area (Å²) in [7, 11) is 0. The lowest BCUT2D eigenvalue weighted by Crippen LogP contribution is -2.48. The maximum Gasteiger partial charge on any atom is 0.410 e. The Bertz CT molecular complexity index is 528. The van der Waals surface area contributed by atoms with Crippen LogP contribution in [0.15, 0.2) is 4.60 Å². The minimum atomic E-state index is -0.453. The summed E-state index contributed by atoms with van der Waals surface area (Å²) in [5.74, 6) is 0. The Hall–Kier alpha value is -1.11. The van der Waals surface area contributed by atoms with Crippen LogP contribution in [0.2, 0.25) is 0 Å². The number of halogens is 1. The number of likely N-dealkylation sites (tertiary alicyclic amines) is 1. The predicted molar refractivity (Wildman–Crippen MR) is 83.1 cm³/mol. The number of piperidine rings is 1. The van der Waals surface area contributed by atoms with Crippen molar-refractivity contribution in [2.45, 2.75) is 58.6 Å². The summed E-state index contributed by atoms with van der Waals surface area (Å²) in [6.07, 6.45) is 1.44. The molecular weight excluding hydrogens is 336 g/mol. The van der Waals surface area contributed by atoms with E-state index in [1.165, 1.54) is 0 Å². The monoisotopic (exact) mass is 358 g/mol. The van der Waals surface area contributed by atoms with Gasteiger partial charge in [-0.25, -0.2) is 9.48 Å². The molecule has 1 fully saturated rings. The minimum absolute atomic E-state index is 0.110. The third-order valence-electron chi connectivity index (χ3n) is 3.84. The molecule has 0 unspecified atom stereocenters. The Labute approximate surface area is 134 Å². The number of carbonyl (C=O) groups is 1. The molecule has 0 atom stereocenters. The van der Waals surface area contributed by atoms with Crippen LogP contribution in [0, 0.1) is 6.92 Å². The highest BCUT2D eigenvalue weighted by atomic mass is 79.9. The fourth-order valence-corrected chi connectivity index (χ4v) is 2.77. The molecule has 1 aromatic heterocycles. The van der Waals surface area contributed by atoms with Gasteiger partial charge < -0.3 is 9.64 Å². The smallest absolute Gasteiger partial charge is 0.410 e. The fourth-order valence-electron chi connectivity index (χ4n) is 2.53. The summed E-state index contributed by atoms with van der Waals surface area (Å²) >= 11 is 3.40. The highest BCUT2D eigenvalue weighted by molar-refractivity contribution is 9.10. The molecule has 0 spiro atoms. The summed E-state index contributed by atoms with van der Waals surface area (Å²) < 4.78 is 8.16. The van der Waals surface area contributed by atoms with E-state index in [0.29, 0.717) is 13.1 Å². The van der Waals surface area contributed by atoms with Crippen LogP contribution in [0.3, 0.4) is 0 Å². The lowest BCUT2D eigenvalue weighted by Gasteiger charge is -2.40. The number of rotatable bonds is 1. The van der Waals surface area contributed by atoms with Crippen molar-refractivity contribution in [3.8, 4) is 0 Å². The third kappa shape index (κ3) is 3.56. The molecule has 1 aliphatic rings. The Morgan fingerprint density at radius 3 is 2.33 bits per heavy atom. The predicted octanol–water partition coefficient (Wildman–Crippen LogP) is 3.10. The largest absolute Gasteiger partial charge is 0.444 e. The van der Waals surface area contributed by atoms with Crippen molar-refractivity contribution >= 4 is 22.0 Å². The number of ether oxygens (including phenoxy) is 1. The number of amides is 1. The first-order chi connectivity index (χ1) is 9.62. The molecule has 0 aliphatic carbocycles. The van der Waals surface area contributed by atoms with Gasteiger partial charge >= 0.3 is 6.09 Å². The normalized spacial score (nSPS) is 18.7. The van der Waals surface area contributed by atoms with E-state index in [4.69, 9.17) is 4.74 Å². The maximum absolute atomic E-state index is 12.1. The summed E-state index contributed by atoms with van der Waals surface area (Å²) in [6, 6.07) is 0. The molecule has 0 bridgehead atoms. The van der Waals surface area contributed by atoms with Gasteiger partial charge in [0.1, 0.15) is 5.60 Å². The number of hydrogen-bond donors (Lipinski definition) is 0. The van der Waals surface area contributed by atoms with Crippen LogP contribution >= 0.6 is 15.9 Å². The molecule has 0 N–H and O–H groups in total. The highest BCUT2D eigenvalue weighted by Crippen LogP contribution is 2.32. The Morgan fingerprint density at radius 2 is 1.90 bits per heavy atom. The first-order valence-corrected chi connectivity index (χ1v) is 7.98. The van der Waals surface area contributed by atoms with Crippen LogP contribution in [0.25, 0.3) is 0 Å². The molecule has 6 nitrogen and oxygen atoms in total. The zero-order valence-electron chi connectivity index (χ0n) is 13.3. The highest BCUT2D eigenvalue weighted by Gasteiger charge is 2.36. The number of carbonyl (C=O) groups excluding carboxylic acids is 1. The molecule has 0 radical (unpaired) electrons. The van der Waals surface area contributed by atoms with Gasteiger partial charge in [0.25, 0.3) is 0 Å². The molecule has 0 saturated carbocycles. The van der Waals surface area contributed by atoms with Crippen LogP contribution in [0.1, 0.15) is 46.2 Å². The Morgan fingerprint density at radius 1 is 1.33 bits per heavy atom. The van der Waals surface area contributed by atoms with E-state index in [1.807, 2.05) is 32.4 Å². The fraction of sp³-hybridized carbons (Fsp3) is 0.786. The van der Waals surface area contributed by atoms with E-state index in [1.54, 1.807) is 4.90 Å². The van der Waals surface area contributed by atoms with E-state index >= 15 is 0 Å². The van der Waals surface area contributed by atoms with Crippen LogP contribution in [-0.2, 0) is 10.3 Å². The van der Waals surface area contributed by atoms with E-state index < -0.39 is 5.60 Å². The van der Waals surface area contributed by atoms with E-state index in [9.17, 15) is 4.79 Å².